The molecule has 74 valence electrons. The second-order valence-electron chi connectivity index (χ2n) is 1.43. The van der Waals surface area contributed by atoms with Gasteiger partial charge in [-0.05, 0) is 6.92 Å². The molecule has 0 aliphatic heterocycles. The molecule has 0 aromatic heterocycles. The predicted molar refractivity (Wildman–Crippen MR) is 38.7 cm³/mol. The van der Waals surface area contributed by atoms with E-state index in [0.29, 0.717) is 5.92 Å². The second kappa shape index (κ2) is 23.3. The fourth-order valence-corrected chi connectivity index (χ4v) is 0.395. The van der Waals surface area contributed by atoms with E-state index in [2.05, 4.69) is 45.6 Å². The van der Waals surface area contributed by atoms with Gasteiger partial charge in [-0.15, -0.1) is 0 Å². The Morgan fingerprint density at radius 1 is 1.00 bits per heavy atom. The van der Waals surface area contributed by atoms with Crippen LogP contribution >= 0.6 is 0 Å². The van der Waals surface area contributed by atoms with Crippen molar-refractivity contribution in [1.82, 2.24) is 0 Å². The molecule has 0 N–H and O–H groups in total. The van der Waals surface area contributed by atoms with E-state index in [4.69, 9.17) is 14.0 Å². The molecule has 15 heavy (non-hydrogen) atoms. The van der Waals surface area contributed by atoms with E-state index < -0.39 is 0 Å². The molecular weight excluding hydrogens is 239 g/mol. The fourth-order valence-electron chi connectivity index (χ4n) is 0.395. The maximum atomic E-state index is 10.4. The van der Waals surface area contributed by atoms with Gasteiger partial charge in [0.15, 0.2) is 0 Å². The third-order valence-corrected chi connectivity index (χ3v) is 0.790. The number of hydrogen-bond donors (Lipinski definition) is 0. The molecule has 4 nitrogen and oxygen atoms in total. The summed E-state index contributed by atoms with van der Waals surface area (Å²) in [6.45, 7) is 15.0. The summed E-state index contributed by atoms with van der Waals surface area (Å²) in [4.78, 5) is 10.4. The third-order valence-electron chi connectivity index (χ3n) is 0.790. The van der Waals surface area contributed by atoms with Crippen molar-refractivity contribution in [3.8, 4) is 0 Å². The molecule has 0 bridgehead atoms. The van der Waals surface area contributed by atoms with E-state index in [0.717, 1.165) is 0 Å². The first kappa shape index (κ1) is 23.9. The van der Waals surface area contributed by atoms with Crippen LogP contribution < -0.4 is 0 Å². The fraction of sp³-hybridized carbons (Fsp3) is 0.100. The zero-order valence-electron chi connectivity index (χ0n) is 7.51. The Labute approximate surface area is 100 Å². The zero-order chi connectivity index (χ0) is 12.0. The summed E-state index contributed by atoms with van der Waals surface area (Å²) in [6, 6.07) is 0. The Balaban J connectivity index is -0.0000000755. The third kappa shape index (κ3) is 16.1. The van der Waals surface area contributed by atoms with Crippen molar-refractivity contribution in [2.24, 2.45) is 0 Å². The van der Waals surface area contributed by atoms with Crippen molar-refractivity contribution in [2.75, 3.05) is 0 Å². The molecule has 0 spiro atoms. The SMILES string of the molecule is CC(=O)[C]1[C][C][C][C]1.[C-]#[O+].[C-]#[O+].[C-]#[O+].[Mn]. The van der Waals surface area contributed by atoms with E-state index in [1.54, 1.807) is 0 Å². The van der Waals surface area contributed by atoms with E-state index in [9.17, 15) is 4.79 Å². The monoisotopic (exact) mass is 242 g/mol. The summed E-state index contributed by atoms with van der Waals surface area (Å²) in [5.41, 5.74) is 0. The van der Waals surface area contributed by atoms with Crippen molar-refractivity contribution in [3.05, 3.63) is 51.6 Å². The summed E-state index contributed by atoms with van der Waals surface area (Å²) in [6.07, 6.45) is 10.1. The number of ketones is 1. The molecule has 1 saturated carbocycles. The molecule has 1 rings (SSSR count). The molecule has 0 aromatic carbocycles. The molecule has 0 saturated heterocycles. The first-order valence-corrected chi connectivity index (χ1v) is 2.82. The van der Waals surface area contributed by atoms with Crippen LogP contribution in [0.5, 0.6) is 0 Å². The van der Waals surface area contributed by atoms with Crippen molar-refractivity contribution in [2.45, 2.75) is 6.92 Å². The molecule has 1 fully saturated rings. The van der Waals surface area contributed by atoms with E-state index in [-0.39, 0.29) is 22.9 Å². The summed E-state index contributed by atoms with van der Waals surface area (Å²) < 4.78 is 22.5. The van der Waals surface area contributed by atoms with Crippen molar-refractivity contribution >= 4 is 5.78 Å². The summed E-state index contributed by atoms with van der Waals surface area (Å²) >= 11 is 0. The average Bonchev–Trinajstić information content (AvgIpc) is 2.80. The van der Waals surface area contributed by atoms with E-state index in [1.807, 2.05) is 0 Å². The van der Waals surface area contributed by atoms with Gasteiger partial charge in [0.2, 0.25) is 0 Å². The zero-order valence-corrected chi connectivity index (χ0v) is 8.69. The van der Waals surface area contributed by atoms with Crippen LogP contribution in [0.25, 0.3) is 0 Å². The van der Waals surface area contributed by atoms with Gasteiger partial charge < -0.3 is 0 Å². The van der Waals surface area contributed by atoms with Gasteiger partial charge in [-0.2, -0.15) is 0 Å². The Kier molecular flexibility index (Phi) is 37.2. The van der Waals surface area contributed by atoms with Gasteiger partial charge >= 0.3 is 33.9 Å². The molecule has 5 heteroatoms. The predicted octanol–water partition coefficient (Wildman–Crippen LogP) is 0.374. The minimum atomic E-state index is -0.0394. The quantitative estimate of drug-likeness (QED) is 0.372. The minimum Gasteiger partial charge on any atom is 0 e. The summed E-state index contributed by atoms with van der Waals surface area (Å²) in [7, 11) is 0. The summed E-state index contributed by atoms with van der Waals surface area (Å²) in [5, 5.41) is 0. The largest absolute Gasteiger partial charge is 0 e. The van der Waals surface area contributed by atoms with Crippen molar-refractivity contribution in [3.63, 3.8) is 0 Å². The standard InChI is InChI=1S/C7H3O.3CO.Mn/c1-6(8)7-4-2-3-5-7;3*1-2;/h1H3;;;;. The van der Waals surface area contributed by atoms with Crippen LogP contribution in [-0.4, -0.2) is 5.78 Å². The normalized spacial score (nSPS) is 11.9. The molecule has 0 heterocycles. The maximum Gasteiger partial charge on any atom is 0 e. The van der Waals surface area contributed by atoms with Crippen molar-refractivity contribution in [1.29, 1.82) is 0 Å². The van der Waals surface area contributed by atoms with Gasteiger partial charge in [-0.3, -0.25) is 4.79 Å². The first-order chi connectivity index (χ1) is 6.80. The number of carbonyl (C=O) groups excluding carboxylic acids is 1. The molecule has 10 radical (unpaired) electrons. The van der Waals surface area contributed by atoms with Gasteiger partial charge in [0, 0.05) is 42.8 Å². The molecular formula is C10H3MnO4. The summed E-state index contributed by atoms with van der Waals surface area (Å²) in [5.74, 6) is 0.396. The number of carbonyl (C=O) groups is 1. The van der Waals surface area contributed by atoms with E-state index in [1.165, 1.54) is 6.92 Å². The van der Waals surface area contributed by atoms with Gasteiger partial charge in [0.25, 0.3) is 0 Å². The van der Waals surface area contributed by atoms with Crippen molar-refractivity contribution < 1.29 is 35.8 Å². The molecule has 1 aliphatic carbocycles. The maximum absolute atomic E-state index is 10.4. The van der Waals surface area contributed by atoms with Crippen LogP contribution in [0.4, 0.5) is 0 Å². The van der Waals surface area contributed by atoms with Crippen LogP contribution in [0.3, 0.4) is 0 Å². The molecule has 0 aromatic rings. The molecule has 1 aliphatic rings. The Morgan fingerprint density at radius 2 is 1.27 bits per heavy atom. The Morgan fingerprint density at radius 3 is 1.40 bits per heavy atom. The van der Waals surface area contributed by atoms with Gasteiger partial charge in [-0.1, -0.05) is 0 Å². The van der Waals surface area contributed by atoms with Crippen LogP contribution in [-0.2, 0) is 35.8 Å². The van der Waals surface area contributed by atoms with E-state index >= 15 is 0 Å². The number of hydrogen-bond acceptors (Lipinski definition) is 1. The topological polar surface area (TPSA) is 76.8 Å². The second-order valence-corrected chi connectivity index (χ2v) is 1.43. The van der Waals surface area contributed by atoms with Gasteiger partial charge in [-0.25, -0.2) is 0 Å². The van der Waals surface area contributed by atoms with Crippen LogP contribution in [0.15, 0.2) is 0 Å². The number of Topliss-reactive ketones (excluding diaryl/α,β-unsaturated/α-hetero) is 1. The first-order valence-electron chi connectivity index (χ1n) is 2.82. The van der Waals surface area contributed by atoms with Crippen LogP contribution in [0, 0.1) is 51.6 Å². The number of rotatable bonds is 1. The minimum absolute atomic E-state index is 0. The Hall–Kier alpha value is -0.591. The molecule has 0 atom stereocenters. The van der Waals surface area contributed by atoms with Gasteiger partial charge in [0.1, 0.15) is 5.78 Å². The molecule has 0 unspecified atom stereocenters. The average molecular weight is 242 g/mol. The van der Waals surface area contributed by atoms with Crippen LogP contribution in [0.2, 0.25) is 0 Å². The van der Waals surface area contributed by atoms with Crippen LogP contribution in [0.1, 0.15) is 6.92 Å². The Bertz CT molecular complexity index is 175. The van der Waals surface area contributed by atoms with Gasteiger partial charge in [0.05, 0.1) is 5.92 Å². The molecule has 0 amide bonds. The smallest absolute Gasteiger partial charge is 0 e.